The lowest BCUT2D eigenvalue weighted by atomic mass is 10.1. The monoisotopic (exact) mass is 463 g/mol. The van der Waals surface area contributed by atoms with Gasteiger partial charge >= 0.3 is 5.97 Å². The Morgan fingerprint density at radius 3 is 2.27 bits per heavy atom. The molecule has 0 fully saturated rings. The van der Waals surface area contributed by atoms with E-state index >= 15 is 0 Å². The molecule has 0 amide bonds. The van der Waals surface area contributed by atoms with Crippen LogP contribution in [-0.2, 0) is 14.8 Å². The topological polar surface area (TPSA) is 72.5 Å². The second-order valence-corrected chi connectivity index (χ2v) is 9.18. The molecule has 0 aliphatic heterocycles. The van der Waals surface area contributed by atoms with Crippen molar-refractivity contribution in [2.75, 3.05) is 6.54 Å². The predicted molar refractivity (Wildman–Crippen MR) is 117 cm³/mol. The molecule has 0 saturated heterocycles. The molecule has 1 atom stereocenters. The summed E-state index contributed by atoms with van der Waals surface area (Å²) >= 11 is 11.9. The normalized spacial score (nSPS) is 12.4. The average Bonchev–Trinajstić information content (AvgIpc) is 2.74. The summed E-state index contributed by atoms with van der Waals surface area (Å²) in [5.41, 5.74) is 1.82. The van der Waals surface area contributed by atoms with Gasteiger partial charge < -0.3 is 4.74 Å². The zero-order valence-electron chi connectivity index (χ0n) is 16.0. The first kappa shape index (κ1) is 22.3. The van der Waals surface area contributed by atoms with Gasteiger partial charge in [-0.25, -0.2) is 17.9 Å². The van der Waals surface area contributed by atoms with Crippen LogP contribution in [0.25, 0.3) is 0 Å². The van der Waals surface area contributed by atoms with Crippen LogP contribution in [0.2, 0.25) is 10.0 Å². The van der Waals surface area contributed by atoms with E-state index in [2.05, 4.69) is 4.72 Å². The van der Waals surface area contributed by atoms with Gasteiger partial charge in [-0.2, -0.15) is 0 Å². The summed E-state index contributed by atoms with van der Waals surface area (Å²) in [7, 11) is -3.77. The Labute approximate surface area is 185 Å². The summed E-state index contributed by atoms with van der Waals surface area (Å²) in [6.07, 6.45) is -0.839. The second kappa shape index (κ2) is 9.62. The van der Waals surface area contributed by atoms with E-state index < -0.39 is 22.1 Å². The van der Waals surface area contributed by atoms with Crippen LogP contribution in [0.3, 0.4) is 0 Å². The fraction of sp³-hybridized carbons (Fsp3) is 0.136. The van der Waals surface area contributed by atoms with E-state index in [0.29, 0.717) is 10.6 Å². The zero-order valence-corrected chi connectivity index (χ0v) is 18.3. The van der Waals surface area contributed by atoms with Gasteiger partial charge in [0, 0.05) is 0 Å². The minimum Gasteiger partial charge on any atom is -0.452 e. The van der Waals surface area contributed by atoms with E-state index in [0.717, 1.165) is 5.56 Å². The summed E-state index contributed by atoms with van der Waals surface area (Å²) in [6.45, 7) is 1.74. The molecule has 156 valence electrons. The van der Waals surface area contributed by atoms with Crippen LogP contribution in [0.5, 0.6) is 0 Å². The number of hydrogen-bond donors (Lipinski definition) is 1. The van der Waals surface area contributed by atoms with Crippen LogP contribution in [0, 0.1) is 6.92 Å². The molecule has 3 rings (SSSR count). The van der Waals surface area contributed by atoms with Gasteiger partial charge in [0.1, 0.15) is 6.10 Å². The van der Waals surface area contributed by atoms with E-state index in [9.17, 15) is 13.2 Å². The summed E-state index contributed by atoms with van der Waals surface area (Å²) in [5, 5.41) is 0.543. The maximum absolute atomic E-state index is 12.6. The number of benzene rings is 3. The maximum Gasteiger partial charge on any atom is 0.338 e. The van der Waals surface area contributed by atoms with E-state index in [1.165, 1.54) is 30.3 Å². The van der Waals surface area contributed by atoms with E-state index in [-0.39, 0.29) is 22.0 Å². The fourth-order valence-electron chi connectivity index (χ4n) is 2.70. The van der Waals surface area contributed by atoms with Crippen LogP contribution in [0.15, 0.2) is 77.7 Å². The molecule has 8 heteroatoms. The van der Waals surface area contributed by atoms with Crippen LogP contribution < -0.4 is 4.72 Å². The molecule has 3 aromatic rings. The molecule has 0 aromatic heterocycles. The Hall–Kier alpha value is -2.38. The molecule has 3 aromatic carbocycles. The number of ether oxygens (including phenoxy) is 1. The number of aryl methyl sites for hydroxylation is 1. The molecule has 0 spiro atoms. The summed E-state index contributed by atoms with van der Waals surface area (Å²) in [4.78, 5) is 12.8. The Morgan fingerprint density at radius 1 is 0.967 bits per heavy atom. The summed E-state index contributed by atoms with van der Waals surface area (Å²) in [5.74, 6) is -0.642. The molecule has 30 heavy (non-hydrogen) atoms. The summed E-state index contributed by atoms with van der Waals surface area (Å²) < 4.78 is 33.4. The molecular weight excluding hydrogens is 445 g/mol. The van der Waals surface area contributed by atoms with Crippen molar-refractivity contribution < 1.29 is 17.9 Å². The molecule has 1 unspecified atom stereocenters. The van der Waals surface area contributed by atoms with Crippen LogP contribution in [0.4, 0.5) is 0 Å². The molecule has 0 radical (unpaired) electrons. The van der Waals surface area contributed by atoms with Crippen molar-refractivity contribution in [3.63, 3.8) is 0 Å². The van der Waals surface area contributed by atoms with Crippen molar-refractivity contribution in [1.82, 2.24) is 4.72 Å². The number of halogens is 2. The third-order valence-electron chi connectivity index (χ3n) is 4.37. The van der Waals surface area contributed by atoms with Gasteiger partial charge in [-0.3, -0.25) is 0 Å². The third-order valence-corrected chi connectivity index (χ3v) is 6.54. The van der Waals surface area contributed by atoms with Crippen LogP contribution >= 0.6 is 23.2 Å². The minimum absolute atomic E-state index is 0.132. The smallest absolute Gasteiger partial charge is 0.338 e. The number of hydrogen-bond acceptors (Lipinski definition) is 4. The SMILES string of the molecule is Cc1ccc(S(=O)(=O)NCC(OC(=O)c2ccc(Cl)c(Cl)c2)c2ccccc2)cc1. The molecule has 5 nitrogen and oxygen atoms in total. The predicted octanol–water partition coefficient (Wildman–Crippen LogP) is 5.18. The lowest BCUT2D eigenvalue weighted by Gasteiger charge is -2.19. The van der Waals surface area contributed by atoms with Gasteiger partial charge in [0.2, 0.25) is 10.0 Å². The van der Waals surface area contributed by atoms with Crippen LogP contribution in [0.1, 0.15) is 27.6 Å². The molecular formula is C22H19Cl2NO4S. The quantitative estimate of drug-likeness (QED) is 0.490. The number of carbonyl (C=O) groups excluding carboxylic acids is 1. The lowest BCUT2D eigenvalue weighted by molar-refractivity contribution is 0.0308. The molecule has 0 aliphatic rings. The van der Waals surface area contributed by atoms with Crippen molar-refractivity contribution in [1.29, 1.82) is 0 Å². The Morgan fingerprint density at radius 2 is 1.63 bits per heavy atom. The van der Waals surface area contributed by atoms with Gasteiger partial charge in [0.05, 0.1) is 27.0 Å². The number of esters is 1. The minimum atomic E-state index is -3.77. The first-order valence-corrected chi connectivity index (χ1v) is 11.3. The highest BCUT2D eigenvalue weighted by molar-refractivity contribution is 7.89. The summed E-state index contributed by atoms with van der Waals surface area (Å²) in [6, 6.07) is 19.8. The van der Waals surface area contributed by atoms with Crippen molar-refractivity contribution in [3.8, 4) is 0 Å². The largest absolute Gasteiger partial charge is 0.452 e. The standard InChI is InChI=1S/C22H19Cl2NO4S/c1-15-7-10-18(11-8-15)30(27,28)25-14-21(16-5-3-2-4-6-16)29-22(26)17-9-12-19(23)20(24)13-17/h2-13,21,25H,14H2,1H3. The molecule has 0 aliphatic carbocycles. The molecule has 0 saturated carbocycles. The highest BCUT2D eigenvalue weighted by Crippen LogP contribution is 2.25. The van der Waals surface area contributed by atoms with Crippen molar-refractivity contribution in [2.24, 2.45) is 0 Å². The lowest BCUT2D eigenvalue weighted by Crippen LogP contribution is -2.30. The maximum atomic E-state index is 12.6. The number of sulfonamides is 1. The highest BCUT2D eigenvalue weighted by Gasteiger charge is 2.22. The van der Waals surface area contributed by atoms with Crippen molar-refractivity contribution in [3.05, 3.63) is 99.5 Å². The molecule has 0 bridgehead atoms. The zero-order chi connectivity index (χ0) is 21.7. The third kappa shape index (κ3) is 5.61. The second-order valence-electron chi connectivity index (χ2n) is 6.60. The van der Waals surface area contributed by atoms with Gasteiger partial charge in [0.15, 0.2) is 0 Å². The highest BCUT2D eigenvalue weighted by atomic mass is 35.5. The molecule has 0 heterocycles. The number of carbonyl (C=O) groups is 1. The van der Waals surface area contributed by atoms with Gasteiger partial charge in [-0.05, 0) is 42.8 Å². The van der Waals surface area contributed by atoms with E-state index in [1.54, 1.807) is 36.4 Å². The average molecular weight is 464 g/mol. The first-order valence-electron chi connectivity index (χ1n) is 9.03. The Balaban J connectivity index is 1.80. The number of rotatable bonds is 7. The van der Waals surface area contributed by atoms with E-state index in [4.69, 9.17) is 27.9 Å². The van der Waals surface area contributed by atoms with Crippen LogP contribution in [-0.4, -0.2) is 20.9 Å². The molecule has 1 N–H and O–H groups in total. The number of nitrogens with one attached hydrogen (secondary N) is 1. The van der Waals surface area contributed by atoms with Crippen molar-refractivity contribution >= 4 is 39.2 Å². The Bertz CT molecular complexity index is 1130. The van der Waals surface area contributed by atoms with Gasteiger partial charge in [0.25, 0.3) is 0 Å². The van der Waals surface area contributed by atoms with Gasteiger partial charge in [-0.15, -0.1) is 0 Å². The van der Waals surface area contributed by atoms with E-state index in [1.807, 2.05) is 13.0 Å². The van der Waals surface area contributed by atoms with Gasteiger partial charge in [-0.1, -0.05) is 71.2 Å². The Kier molecular flexibility index (Phi) is 7.15. The first-order chi connectivity index (χ1) is 14.3. The fourth-order valence-corrected chi connectivity index (χ4v) is 4.03. The van der Waals surface area contributed by atoms with Crippen molar-refractivity contribution in [2.45, 2.75) is 17.9 Å².